The third kappa shape index (κ3) is 7.41. The molecule has 2 heterocycles. The lowest BCUT2D eigenvalue weighted by Gasteiger charge is -2.35. The van der Waals surface area contributed by atoms with E-state index < -0.39 is 0 Å². The number of hydrogen-bond donors (Lipinski definition) is 1. The average Bonchev–Trinajstić information content (AvgIpc) is 3.43. The van der Waals surface area contributed by atoms with E-state index in [-0.39, 0.29) is 24.7 Å². The van der Waals surface area contributed by atoms with Gasteiger partial charge < -0.3 is 24.4 Å². The number of amides is 2. The summed E-state index contributed by atoms with van der Waals surface area (Å²) in [6.45, 7) is 12.4. The number of piperazine rings is 1. The summed E-state index contributed by atoms with van der Waals surface area (Å²) in [4.78, 5) is 30.2. The summed E-state index contributed by atoms with van der Waals surface area (Å²) < 4.78 is 17.1. The Morgan fingerprint density at radius 3 is 2.51 bits per heavy atom. The number of rotatable bonds is 10. The van der Waals surface area contributed by atoms with Crippen molar-refractivity contribution >= 4 is 11.8 Å². The number of carbonyl (C=O) groups excluding carboxylic acids is 2. The van der Waals surface area contributed by atoms with E-state index in [9.17, 15) is 9.59 Å². The first-order chi connectivity index (χ1) is 18.9. The van der Waals surface area contributed by atoms with Crippen molar-refractivity contribution in [2.75, 3.05) is 46.1 Å². The first kappa shape index (κ1) is 28.2. The Kier molecular flexibility index (Phi) is 9.65. The zero-order valence-electron chi connectivity index (χ0n) is 23.4. The fourth-order valence-electron chi connectivity index (χ4n) is 4.57. The molecular weight excluding hydrogens is 494 g/mol. The second-order valence-corrected chi connectivity index (χ2v) is 10.1. The van der Waals surface area contributed by atoms with Gasteiger partial charge in [0.2, 0.25) is 6.79 Å². The molecule has 2 amide bonds. The lowest BCUT2D eigenvalue weighted by molar-refractivity contribution is 0.0632. The quantitative estimate of drug-likeness (QED) is 0.447. The highest BCUT2D eigenvalue weighted by Gasteiger charge is 2.25. The summed E-state index contributed by atoms with van der Waals surface area (Å²) in [5.74, 6) is 1.71. The van der Waals surface area contributed by atoms with Crippen LogP contribution in [0.3, 0.4) is 0 Å². The lowest BCUT2D eigenvalue weighted by Crippen LogP contribution is -2.50. The zero-order chi connectivity index (χ0) is 27.8. The van der Waals surface area contributed by atoms with Crippen LogP contribution in [0.2, 0.25) is 0 Å². The molecule has 39 heavy (non-hydrogen) atoms. The molecule has 1 fully saturated rings. The Morgan fingerprint density at radius 1 is 1.03 bits per heavy atom. The molecule has 1 saturated heterocycles. The van der Waals surface area contributed by atoms with E-state index in [2.05, 4.69) is 43.1 Å². The normalized spacial score (nSPS) is 16.0. The number of benzene rings is 2. The maximum atomic E-state index is 13.5. The topological polar surface area (TPSA) is 80.3 Å². The molecule has 8 nitrogen and oxygen atoms in total. The largest absolute Gasteiger partial charge is 0.485 e. The van der Waals surface area contributed by atoms with Gasteiger partial charge in [0, 0.05) is 51.3 Å². The molecule has 0 radical (unpaired) electrons. The first-order valence-corrected chi connectivity index (χ1v) is 13.6. The minimum Gasteiger partial charge on any atom is -0.485 e. The van der Waals surface area contributed by atoms with Crippen molar-refractivity contribution in [2.45, 2.75) is 40.2 Å². The fourth-order valence-corrected chi connectivity index (χ4v) is 4.57. The van der Waals surface area contributed by atoms with Gasteiger partial charge >= 0.3 is 0 Å². The van der Waals surface area contributed by atoms with E-state index >= 15 is 0 Å². The van der Waals surface area contributed by atoms with Crippen molar-refractivity contribution in [3.05, 3.63) is 76.9 Å². The highest BCUT2D eigenvalue weighted by Crippen LogP contribution is 2.32. The van der Waals surface area contributed by atoms with Crippen LogP contribution in [0.1, 0.15) is 54.8 Å². The smallest absolute Gasteiger partial charge is 0.257 e. The molecule has 0 aliphatic carbocycles. The van der Waals surface area contributed by atoms with Crippen LogP contribution in [0.4, 0.5) is 0 Å². The van der Waals surface area contributed by atoms with Crippen LogP contribution >= 0.6 is 0 Å². The van der Waals surface area contributed by atoms with Gasteiger partial charge in [-0.25, -0.2) is 0 Å². The zero-order valence-corrected chi connectivity index (χ0v) is 23.4. The molecule has 2 aliphatic rings. The molecule has 0 aromatic heterocycles. The van der Waals surface area contributed by atoms with Crippen LogP contribution in [0.25, 0.3) is 0 Å². The number of fused-ring (bicyclic) bond motifs is 1. The molecule has 2 aromatic rings. The minimum absolute atomic E-state index is 0.0135. The maximum Gasteiger partial charge on any atom is 0.257 e. The van der Waals surface area contributed by atoms with Gasteiger partial charge in [0.05, 0.1) is 5.56 Å². The molecule has 4 rings (SSSR count). The Bertz CT molecular complexity index is 1230. The van der Waals surface area contributed by atoms with Crippen molar-refractivity contribution in [3.8, 4) is 17.2 Å². The number of carbonyl (C=O) groups is 2. The summed E-state index contributed by atoms with van der Waals surface area (Å²) in [6.07, 6.45) is 4.86. The number of nitrogens with zero attached hydrogens (tertiary/aromatic N) is 2. The van der Waals surface area contributed by atoms with Crippen LogP contribution < -0.4 is 19.5 Å². The molecule has 0 spiro atoms. The predicted octanol–water partition coefficient (Wildman–Crippen LogP) is 4.67. The van der Waals surface area contributed by atoms with Gasteiger partial charge in [-0.05, 0) is 63.6 Å². The Morgan fingerprint density at radius 2 is 1.77 bits per heavy atom. The number of ether oxygens (including phenoxy) is 3. The van der Waals surface area contributed by atoms with Gasteiger partial charge in [0.1, 0.15) is 11.9 Å². The van der Waals surface area contributed by atoms with Crippen molar-refractivity contribution in [1.82, 2.24) is 15.1 Å². The summed E-state index contributed by atoms with van der Waals surface area (Å²) >= 11 is 0. The van der Waals surface area contributed by atoms with E-state index in [1.54, 1.807) is 18.2 Å². The SMILES string of the molecule is C/C=C(\C)C(CC=C(C)C)Oc1ccccc1C(=O)N1CCN(CCNC(=O)c2ccc3c(c2)OCO3)CC1. The van der Waals surface area contributed by atoms with Gasteiger partial charge in [-0.3, -0.25) is 14.5 Å². The van der Waals surface area contributed by atoms with Crippen molar-refractivity contribution in [3.63, 3.8) is 0 Å². The number of para-hydroxylation sites is 1. The van der Waals surface area contributed by atoms with Crippen LogP contribution in [0, 0.1) is 0 Å². The second-order valence-electron chi connectivity index (χ2n) is 10.1. The standard InChI is InChI=1S/C31H39N3O5/c1-5-23(4)26(12-10-22(2)3)39-27-9-7-6-8-25(27)31(36)34-18-16-33(17-19-34)15-14-32-30(35)24-11-13-28-29(20-24)38-21-37-28/h5-11,13,20,26H,12,14-19,21H2,1-4H3,(H,32,35)/b23-5+. The van der Waals surface area contributed by atoms with E-state index in [1.807, 2.05) is 36.1 Å². The van der Waals surface area contributed by atoms with E-state index in [4.69, 9.17) is 14.2 Å². The molecule has 208 valence electrons. The van der Waals surface area contributed by atoms with E-state index in [0.29, 0.717) is 54.6 Å². The van der Waals surface area contributed by atoms with Crippen LogP contribution in [-0.4, -0.2) is 73.8 Å². The highest BCUT2D eigenvalue weighted by atomic mass is 16.7. The van der Waals surface area contributed by atoms with Gasteiger partial charge in [-0.1, -0.05) is 29.9 Å². The maximum absolute atomic E-state index is 13.5. The van der Waals surface area contributed by atoms with E-state index in [1.165, 1.54) is 5.57 Å². The fraction of sp³-hybridized carbons (Fsp3) is 0.419. The van der Waals surface area contributed by atoms with Crippen molar-refractivity contribution < 1.29 is 23.8 Å². The molecule has 1 N–H and O–H groups in total. The lowest BCUT2D eigenvalue weighted by atomic mass is 10.1. The molecule has 2 aliphatic heterocycles. The summed E-state index contributed by atoms with van der Waals surface area (Å²) in [6, 6.07) is 12.7. The molecule has 0 saturated carbocycles. The minimum atomic E-state index is -0.144. The van der Waals surface area contributed by atoms with Crippen molar-refractivity contribution in [1.29, 1.82) is 0 Å². The molecule has 1 atom stereocenters. The summed E-state index contributed by atoms with van der Waals surface area (Å²) in [5.41, 5.74) is 3.51. The van der Waals surface area contributed by atoms with Gasteiger partial charge in [-0.2, -0.15) is 0 Å². The molecule has 8 heteroatoms. The summed E-state index contributed by atoms with van der Waals surface area (Å²) in [5, 5.41) is 2.97. The predicted molar refractivity (Wildman–Crippen MR) is 152 cm³/mol. The Hall–Kier alpha value is -3.78. The van der Waals surface area contributed by atoms with Gasteiger partial charge in [-0.15, -0.1) is 0 Å². The molecule has 0 bridgehead atoms. The van der Waals surface area contributed by atoms with Crippen LogP contribution in [0.5, 0.6) is 17.2 Å². The molecule has 2 aromatic carbocycles. The van der Waals surface area contributed by atoms with Crippen LogP contribution in [-0.2, 0) is 0 Å². The molecular formula is C31H39N3O5. The first-order valence-electron chi connectivity index (χ1n) is 13.6. The highest BCUT2D eigenvalue weighted by molar-refractivity contribution is 5.97. The average molecular weight is 534 g/mol. The Labute approximate surface area is 231 Å². The number of hydrogen-bond acceptors (Lipinski definition) is 6. The van der Waals surface area contributed by atoms with Crippen LogP contribution in [0.15, 0.2) is 65.8 Å². The van der Waals surface area contributed by atoms with Gasteiger partial charge in [0.15, 0.2) is 11.5 Å². The summed E-state index contributed by atoms with van der Waals surface area (Å²) in [7, 11) is 0. The third-order valence-electron chi connectivity index (χ3n) is 7.10. The number of allylic oxidation sites excluding steroid dienone is 2. The van der Waals surface area contributed by atoms with E-state index in [0.717, 1.165) is 25.1 Å². The van der Waals surface area contributed by atoms with Crippen molar-refractivity contribution in [2.24, 2.45) is 0 Å². The van der Waals surface area contributed by atoms with Gasteiger partial charge in [0.25, 0.3) is 11.8 Å². The number of nitrogens with one attached hydrogen (secondary N) is 1. The second kappa shape index (κ2) is 13.3. The Balaban J connectivity index is 1.28. The monoisotopic (exact) mass is 533 g/mol. The third-order valence-corrected chi connectivity index (χ3v) is 7.10. The molecule has 1 unspecified atom stereocenters.